The quantitative estimate of drug-likeness (QED) is 0.557. The average molecular weight is 390 g/mol. The van der Waals surface area contributed by atoms with Crippen molar-refractivity contribution >= 4 is 27.6 Å². The van der Waals surface area contributed by atoms with Crippen molar-refractivity contribution in [2.24, 2.45) is 0 Å². The maximum Gasteiger partial charge on any atom is 0.159 e. The van der Waals surface area contributed by atoms with Gasteiger partial charge in [-0.25, -0.2) is 4.98 Å². The van der Waals surface area contributed by atoms with Crippen LogP contribution in [-0.2, 0) is 0 Å². The zero-order chi connectivity index (χ0) is 20.0. The van der Waals surface area contributed by atoms with Crippen LogP contribution in [0.5, 0.6) is 5.75 Å². The van der Waals surface area contributed by atoms with Gasteiger partial charge in [-0.2, -0.15) is 5.10 Å². The van der Waals surface area contributed by atoms with E-state index in [-0.39, 0.29) is 6.10 Å². The van der Waals surface area contributed by atoms with Crippen molar-refractivity contribution < 1.29 is 4.74 Å². The molecule has 4 aromatic rings. The normalized spacial score (nSPS) is 15.7. The number of likely N-dealkylation sites (N-methyl/N-ethyl adjacent to an activating group) is 1. The molecule has 3 heterocycles. The second-order valence-electron chi connectivity index (χ2n) is 7.99. The van der Waals surface area contributed by atoms with Crippen LogP contribution in [0.15, 0.2) is 36.4 Å². The fourth-order valence-electron chi connectivity index (χ4n) is 3.92. The van der Waals surface area contributed by atoms with Crippen molar-refractivity contribution in [3.63, 3.8) is 0 Å². The summed E-state index contributed by atoms with van der Waals surface area (Å²) in [5.41, 5.74) is 4.92. The largest absolute Gasteiger partial charge is 0.489 e. The highest BCUT2D eigenvalue weighted by Crippen LogP contribution is 2.32. The number of aromatic amines is 2. The molecule has 1 fully saturated rings. The van der Waals surface area contributed by atoms with Gasteiger partial charge < -0.3 is 19.5 Å². The molecule has 7 heteroatoms. The van der Waals surface area contributed by atoms with E-state index in [2.05, 4.69) is 50.2 Å². The van der Waals surface area contributed by atoms with Gasteiger partial charge in [0.15, 0.2) is 5.82 Å². The lowest BCUT2D eigenvalue weighted by Gasteiger charge is -2.34. The summed E-state index contributed by atoms with van der Waals surface area (Å²) in [5.74, 6) is 1.58. The van der Waals surface area contributed by atoms with Crippen molar-refractivity contribution in [2.45, 2.75) is 20.0 Å². The first kappa shape index (κ1) is 18.0. The van der Waals surface area contributed by atoms with Crippen molar-refractivity contribution in [1.29, 1.82) is 0 Å². The Kier molecular flexibility index (Phi) is 4.39. The molecule has 150 valence electrons. The SMILES string of the molecule is CC(C)Oc1cccc2c(-c3nc4ccc(N5CCN(C)CC5)cc4[nH]3)n[nH]c12. The monoisotopic (exact) mass is 390 g/mol. The number of nitrogens with zero attached hydrogens (tertiary/aromatic N) is 4. The Labute approximate surface area is 169 Å². The molecule has 1 aliphatic heterocycles. The van der Waals surface area contributed by atoms with E-state index in [4.69, 9.17) is 9.72 Å². The van der Waals surface area contributed by atoms with Gasteiger partial charge >= 0.3 is 0 Å². The molecular weight excluding hydrogens is 364 g/mol. The zero-order valence-electron chi connectivity index (χ0n) is 17.1. The Morgan fingerprint density at radius 2 is 1.90 bits per heavy atom. The number of piperazine rings is 1. The Bertz CT molecular complexity index is 1150. The number of rotatable bonds is 4. The summed E-state index contributed by atoms with van der Waals surface area (Å²) in [7, 11) is 2.17. The molecule has 0 aliphatic carbocycles. The van der Waals surface area contributed by atoms with Crippen LogP contribution in [0.3, 0.4) is 0 Å². The summed E-state index contributed by atoms with van der Waals surface area (Å²) >= 11 is 0. The molecule has 0 radical (unpaired) electrons. The second kappa shape index (κ2) is 7.08. The molecule has 0 amide bonds. The molecule has 0 bridgehead atoms. The maximum atomic E-state index is 5.92. The van der Waals surface area contributed by atoms with E-state index >= 15 is 0 Å². The molecule has 0 saturated carbocycles. The third-order valence-electron chi connectivity index (χ3n) is 5.48. The lowest BCUT2D eigenvalue weighted by atomic mass is 10.2. The first-order valence-corrected chi connectivity index (χ1v) is 10.2. The number of benzene rings is 2. The van der Waals surface area contributed by atoms with Crippen LogP contribution in [-0.4, -0.2) is 64.4 Å². The number of H-pyrrole nitrogens is 2. The minimum absolute atomic E-state index is 0.103. The number of para-hydroxylation sites is 1. The highest BCUT2D eigenvalue weighted by Gasteiger charge is 2.18. The van der Waals surface area contributed by atoms with E-state index in [0.717, 1.165) is 65.4 Å². The van der Waals surface area contributed by atoms with Gasteiger partial charge in [-0.1, -0.05) is 12.1 Å². The van der Waals surface area contributed by atoms with E-state index < -0.39 is 0 Å². The predicted octanol–water partition coefficient (Wildman–Crippen LogP) is 3.65. The summed E-state index contributed by atoms with van der Waals surface area (Å²) in [5, 5.41) is 8.66. The number of hydrogen-bond acceptors (Lipinski definition) is 5. The molecule has 7 nitrogen and oxygen atoms in total. The topological polar surface area (TPSA) is 73.1 Å². The van der Waals surface area contributed by atoms with Crippen LogP contribution >= 0.6 is 0 Å². The van der Waals surface area contributed by atoms with E-state index in [1.807, 2.05) is 32.0 Å². The minimum Gasteiger partial charge on any atom is -0.489 e. The Morgan fingerprint density at radius 3 is 2.69 bits per heavy atom. The standard InChI is InChI=1S/C22H26N6O/c1-14(2)29-19-6-4-5-16-20(19)25-26-21(16)22-23-17-8-7-15(13-18(17)24-22)28-11-9-27(3)10-12-28/h4-8,13-14H,9-12H2,1-3H3,(H,23,24)(H,25,26). The van der Waals surface area contributed by atoms with Gasteiger partial charge in [0.25, 0.3) is 0 Å². The van der Waals surface area contributed by atoms with Gasteiger partial charge in [-0.15, -0.1) is 0 Å². The smallest absolute Gasteiger partial charge is 0.159 e. The minimum atomic E-state index is 0.103. The van der Waals surface area contributed by atoms with Crippen molar-refractivity contribution in [3.05, 3.63) is 36.4 Å². The van der Waals surface area contributed by atoms with Gasteiger partial charge in [0.2, 0.25) is 0 Å². The number of aromatic nitrogens is 4. The van der Waals surface area contributed by atoms with Gasteiger partial charge in [0.05, 0.1) is 17.1 Å². The second-order valence-corrected chi connectivity index (χ2v) is 7.99. The van der Waals surface area contributed by atoms with E-state index in [1.54, 1.807) is 0 Å². The third-order valence-corrected chi connectivity index (χ3v) is 5.48. The Balaban J connectivity index is 1.51. The van der Waals surface area contributed by atoms with Crippen LogP contribution < -0.4 is 9.64 Å². The first-order valence-electron chi connectivity index (χ1n) is 10.2. The molecule has 1 aliphatic rings. The molecule has 0 unspecified atom stereocenters. The van der Waals surface area contributed by atoms with E-state index in [0.29, 0.717) is 0 Å². The van der Waals surface area contributed by atoms with Crippen LogP contribution in [0.4, 0.5) is 5.69 Å². The van der Waals surface area contributed by atoms with Crippen LogP contribution in [0.1, 0.15) is 13.8 Å². The maximum absolute atomic E-state index is 5.92. The highest BCUT2D eigenvalue weighted by molar-refractivity contribution is 5.96. The number of ether oxygens (including phenoxy) is 1. The fourth-order valence-corrected chi connectivity index (χ4v) is 3.92. The van der Waals surface area contributed by atoms with Crippen LogP contribution in [0, 0.1) is 0 Å². The van der Waals surface area contributed by atoms with Gasteiger partial charge in [0, 0.05) is 37.3 Å². The number of anilines is 1. The lowest BCUT2D eigenvalue weighted by Crippen LogP contribution is -2.44. The third kappa shape index (κ3) is 3.31. The number of imidazole rings is 1. The van der Waals surface area contributed by atoms with E-state index in [1.165, 1.54) is 5.69 Å². The summed E-state index contributed by atoms with van der Waals surface area (Å²) in [6, 6.07) is 12.4. The molecule has 2 aromatic heterocycles. The summed E-state index contributed by atoms with van der Waals surface area (Å²) in [4.78, 5) is 13.1. The number of fused-ring (bicyclic) bond motifs is 2. The molecule has 5 rings (SSSR count). The van der Waals surface area contributed by atoms with Gasteiger partial charge in [0.1, 0.15) is 17.0 Å². The van der Waals surface area contributed by atoms with E-state index in [9.17, 15) is 0 Å². The molecule has 29 heavy (non-hydrogen) atoms. The molecule has 0 spiro atoms. The number of nitrogens with one attached hydrogen (secondary N) is 2. The van der Waals surface area contributed by atoms with Gasteiger partial charge in [-0.3, -0.25) is 5.10 Å². The molecular formula is C22H26N6O. The van der Waals surface area contributed by atoms with Crippen LogP contribution in [0.2, 0.25) is 0 Å². The summed E-state index contributed by atoms with van der Waals surface area (Å²) < 4.78 is 5.92. The molecule has 2 N–H and O–H groups in total. The van der Waals surface area contributed by atoms with Crippen LogP contribution in [0.25, 0.3) is 33.5 Å². The average Bonchev–Trinajstić information content (AvgIpc) is 3.32. The zero-order valence-corrected chi connectivity index (χ0v) is 17.1. The van der Waals surface area contributed by atoms with Crippen molar-refractivity contribution in [1.82, 2.24) is 25.1 Å². The highest BCUT2D eigenvalue weighted by atomic mass is 16.5. The Morgan fingerprint density at radius 1 is 1.07 bits per heavy atom. The molecule has 2 aromatic carbocycles. The lowest BCUT2D eigenvalue weighted by molar-refractivity contribution is 0.245. The fraction of sp³-hybridized carbons (Fsp3) is 0.364. The van der Waals surface area contributed by atoms with Crippen molar-refractivity contribution in [3.8, 4) is 17.3 Å². The Hall–Kier alpha value is -3.06. The number of hydrogen-bond donors (Lipinski definition) is 2. The molecule has 0 atom stereocenters. The molecule has 1 saturated heterocycles. The first-order chi connectivity index (χ1) is 14.1. The van der Waals surface area contributed by atoms with Crippen molar-refractivity contribution in [2.75, 3.05) is 38.1 Å². The predicted molar refractivity (Wildman–Crippen MR) is 117 cm³/mol. The summed E-state index contributed by atoms with van der Waals surface area (Å²) in [6.45, 7) is 8.32. The van der Waals surface area contributed by atoms with Gasteiger partial charge in [-0.05, 0) is 45.2 Å². The summed E-state index contributed by atoms with van der Waals surface area (Å²) in [6.07, 6.45) is 0.103.